The second-order valence-electron chi connectivity index (χ2n) is 2.26. The van der Waals surface area contributed by atoms with E-state index in [0.29, 0.717) is 12.2 Å². The number of Topliss-reactive ketones (excluding diaryl/α,β-unsaturated/α-hetero) is 1. The molecule has 0 aromatic rings. The normalized spacial score (nSPS) is 9.55. The highest BCUT2D eigenvalue weighted by Crippen LogP contribution is 1.99. The highest BCUT2D eigenvalue weighted by molar-refractivity contribution is 7.80. The van der Waals surface area contributed by atoms with Crippen molar-refractivity contribution in [2.45, 2.75) is 25.7 Å². The van der Waals surface area contributed by atoms with Crippen LogP contribution in [-0.4, -0.2) is 22.6 Å². The van der Waals surface area contributed by atoms with Crippen molar-refractivity contribution in [1.29, 1.82) is 0 Å². The Balaban J connectivity index is 3.30. The molecule has 0 bridgehead atoms. The fourth-order valence-corrected chi connectivity index (χ4v) is 0.806. The van der Waals surface area contributed by atoms with Crippen LogP contribution in [0.4, 0.5) is 0 Å². The molecule has 0 aromatic carbocycles. The molecule has 0 radical (unpaired) electrons. The first-order chi connectivity index (χ1) is 5.16. The van der Waals surface area contributed by atoms with Crippen molar-refractivity contribution in [2.24, 2.45) is 0 Å². The average Bonchev–Trinajstić information content (AvgIpc) is 1.97. The van der Waals surface area contributed by atoms with Crippen LogP contribution in [0.25, 0.3) is 0 Å². The molecule has 3 nitrogen and oxygen atoms in total. The quantitative estimate of drug-likeness (QED) is 0.596. The highest BCUT2D eigenvalue weighted by Gasteiger charge is 2.03. The monoisotopic (exact) mass is 176 g/mol. The minimum absolute atomic E-state index is 0.0152. The van der Waals surface area contributed by atoms with Gasteiger partial charge in [-0.05, 0) is 12.2 Å². The van der Waals surface area contributed by atoms with Crippen molar-refractivity contribution in [1.82, 2.24) is 0 Å². The van der Waals surface area contributed by atoms with Crippen LogP contribution in [-0.2, 0) is 9.59 Å². The van der Waals surface area contributed by atoms with Gasteiger partial charge < -0.3 is 5.11 Å². The molecule has 11 heavy (non-hydrogen) atoms. The van der Waals surface area contributed by atoms with Gasteiger partial charge in [-0.15, -0.1) is 0 Å². The van der Waals surface area contributed by atoms with Crippen LogP contribution in [0.5, 0.6) is 0 Å². The van der Waals surface area contributed by atoms with Gasteiger partial charge in [-0.2, -0.15) is 12.6 Å². The van der Waals surface area contributed by atoms with Gasteiger partial charge in [0, 0.05) is 12.8 Å². The molecule has 64 valence electrons. The predicted octanol–water partition coefficient (Wildman–Crippen LogP) is 1.13. The lowest BCUT2D eigenvalue weighted by atomic mass is 10.1. The van der Waals surface area contributed by atoms with E-state index in [9.17, 15) is 9.59 Å². The molecule has 0 spiro atoms. The minimum atomic E-state index is -0.913. The lowest BCUT2D eigenvalue weighted by Gasteiger charge is -1.95. The van der Waals surface area contributed by atoms with Crippen molar-refractivity contribution in [3.63, 3.8) is 0 Å². The summed E-state index contributed by atoms with van der Waals surface area (Å²) in [5.74, 6) is -0.218. The average molecular weight is 176 g/mol. The maximum Gasteiger partial charge on any atom is 0.303 e. The Kier molecular flexibility index (Phi) is 5.93. The van der Waals surface area contributed by atoms with Gasteiger partial charge >= 0.3 is 5.97 Å². The molecule has 0 aliphatic rings. The number of ketones is 1. The Morgan fingerprint density at radius 3 is 2.27 bits per heavy atom. The van der Waals surface area contributed by atoms with E-state index in [4.69, 9.17) is 5.11 Å². The van der Waals surface area contributed by atoms with Gasteiger partial charge in [0.15, 0.2) is 0 Å². The van der Waals surface area contributed by atoms with Gasteiger partial charge in [-0.25, -0.2) is 0 Å². The highest BCUT2D eigenvalue weighted by atomic mass is 32.1. The number of thiol groups is 1. The molecule has 0 rings (SSSR count). The Morgan fingerprint density at radius 1 is 1.18 bits per heavy atom. The third-order valence-electron chi connectivity index (χ3n) is 1.23. The first-order valence-electron chi connectivity index (χ1n) is 3.51. The molecule has 0 saturated heterocycles. The maximum atomic E-state index is 10.8. The smallest absolute Gasteiger partial charge is 0.303 e. The van der Waals surface area contributed by atoms with E-state index in [1.807, 2.05) is 0 Å². The Labute approximate surface area is 71.2 Å². The van der Waals surface area contributed by atoms with E-state index in [-0.39, 0.29) is 18.6 Å². The first-order valence-corrected chi connectivity index (χ1v) is 4.14. The Hall–Kier alpha value is -0.510. The van der Waals surface area contributed by atoms with Gasteiger partial charge in [0.05, 0.1) is 6.42 Å². The lowest BCUT2D eigenvalue weighted by molar-refractivity contribution is -0.138. The largest absolute Gasteiger partial charge is 0.481 e. The number of aliphatic carboxylic acids is 1. The summed E-state index contributed by atoms with van der Waals surface area (Å²) in [6.45, 7) is 0. The minimum Gasteiger partial charge on any atom is -0.481 e. The standard InChI is InChI=1S/C7H12O3S/c8-6(2-1-5-11)3-4-7(9)10/h11H,1-5H2,(H,9,10). The molecule has 0 unspecified atom stereocenters. The van der Waals surface area contributed by atoms with Crippen LogP contribution in [0.15, 0.2) is 0 Å². The summed E-state index contributed by atoms with van der Waals surface area (Å²) < 4.78 is 0. The molecule has 0 amide bonds. The molecule has 0 aliphatic heterocycles. The second kappa shape index (κ2) is 6.22. The van der Waals surface area contributed by atoms with Gasteiger partial charge in [-0.1, -0.05) is 0 Å². The van der Waals surface area contributed by atoms with Gasteiger partial charge in [0.1, 0.15) is 5.78 Å². The predicted molar refractivity (Wildman–Crippen MR) is 45.0 cm³/mol. The summed E-state index contributed by atoms with van der Waals surface area (Å²) in [5.41, 5.74) is 0. The van der Waals surface area contributed by atoms with Crippen molar-refractivity contribution in [2.75, 3.05) is 5.75 Å². The SMILES string of the molecule is O=C(O)CCC(=O)CCCS. The zero-order chi connectivity index (χ0) is 8.69. The number of carboxylic acid groups (broad SMARTS) is 1. The van der Waals surface area contributed by atoms with Crippen LogP contribution in [0.1, 0.15) is 25.7 Å². The molecule has 0 fully saturated rings. The number of carboxylic acids is 1. The molecular weight excluding hydrogens is 164 g/mol. The van der Waals surface area contributed by atoms with Gasteiger partial charge in [-0.3, -0.25) is 9.59 Å². The zero-order valence-electron chi connectivity index (χ0n) is 6.25. The third-order valence-corrected chi connectivity index (χ3v) is 1.55. The summed E-state index contributed by atoms with van der Waals surface area (Å²) in [6, 6.07) is 0. The number of hydrogen-bond donors (Lipinski definition) is 2. The second-order valence-corrected chi connectivity index (χ2v) is 2.71. The fraction of sp³-hybridized carbons (Fsp3) is 0.714. The molecule has 4 heteroatoms. The molecule has 1 N–H and O–H groups in total. The van der Waals surface area contributed by atoms with Crippen molar-refractivity contribution in [3.8, 4) is 0 Å². The van der Waals surface area contributed by atoms with Crippen LogP contribution in [0.3, 0.4) is 0 Å². The van der Waals surface area contributed by atoms with Crippen molar-refractivity contribution in [3.05, 3.63) is 0 Å². The van der Waals surface area contributed by atoms with Crippen molar-refractivity contribution >= 4 is 24.4 Å². The van der Waals surface area contributed by atoms with Crippen LogP contribution < -0.4 is 0 Å². The molecule has 0 aromatic heterocycles. The summed E-state index contributed by atoms with van der Waals surface area (Å²) >= 11 is 3.94. The summed E-state index contributed by atoms with van der Waals surface area (Å²) in [4.78, 5) is 20.8. The lowest BCUT2D eigenvalue weighted by Crippen LogP contribution is -2.03. The first kappa shape index (κ1) is 10.5. The van der Waals surface area contributed by atoms with E-state index in [1.165, 1.54) is 0 Å². The summed E-state index contributed by atoms with van der Waals surface area (Å²) in [6.07, 6.45) is 1.30. The topological polar surface area (TPSA) is 54.4 Å². The van der Waals surface area contributed by atoms with E-state index < -0.39 is 5.97 Å². The Bertz CT molecular complexity index is 145. The molecular formula is C7H12O3S. The number of carbonyl (C=O) groups is 2. The molecule has 0 aliphatic carbocycles. The summed E-state index contributed by atoms with van der Waals surface area (Å²) in [7, 11) is 0. The molecule has 0 saturated carbocycles. The third kappa shape index (κ3) is 7.39. The van der Waals surface area contributed by atoms with E-state index in [2.05, 4.69) is 12.6 Å². The zero-order valence-corrected chi connectivity index (χ0v) is 7.14. The molecule has 0 atom stereocenters. The maximum absolute atomic E-state index is 10.8. The van der Waals surface area contributed by atoms with E-state index in [0.717, 1.165) is 6.42 Å². The Morgan fingerprint density at radius 2 is 1.82 bits per heavy atom. The van der Waals surface area contributed by atoms with E-state index in [1.54, 1.807) is 0 Å². The van der Waals surface area contributed by atoms with Crippen LogP contribution in [0.2, 0.25) is 0 Å². The number of carbonyl (C=O) groups excluding carboxylic acids is 1. The van der Waals surface area contributed by atoms with Crippen molar-refractivity contribution < 1.29 is 14.7 Å². The van der Waals surface area contributed by atoms with E-state index >= 15 is 0 Å². The van der Waals surface area contributed by atoms with Gasteiger partial charge in [0.2, 0.25) is 0 Å². The summed E-state index contributed by atoms with van der Waals surface area (Å²) in [5, 5.41) is 8.22. The van der Waals surface area contributed by atoms with Gasteiger partial charge in [0.25, 0.3) is 0 Å². The number of hydrogen-bond acceptors (Lipinski definition) is 3. The number of rotatable bonds is 6. The van der Waals surface area contributed by atoms with Crippen LogP contribution in [0, 0.1) is 0 Å². The van der Waals surface area contributed by atoms with Crippen LogP contribution >= 0.6 is 12.6 Å². The fourth-order valence-electron chi connectivity index (χ4n) is 0.648. The molecule has 0 heterocycles.